The molecule has 4 nitrogen and oxygen atoms in total. The second kappa shape index (κ2) is 8.96. The molecule has 1 aromatic heterocycles. The Morgan fingerprint density at radius 2 is 2.04 bits per heavy atom. The van der Waals surface area contributed by atoms with Crippen LogP contribution in [0.4, 0.5) is 4.39 Å². The van der Waals surface area contributed by atoms with Crippen LogP contribution in [0.3, 0.4) is 0 Å². The van der Waals surface area contributed by atoms with E-state index < -0.39 is 5.82 Å². The summed E-state index contributed by atoms with van der Waals surface area (Å²) in [4.78, 5) is 7.13. The summed E-state index contributed by atoms with van der Waals surface area (Å²) in [5.74, 6) is 1.96. The van der Waals surface area contributed by atoms with Crippen LogP contribution in [0.2, 0.25) is 0 Å². The number of pyridine rings is 1. The van der Waals surface area contributed by atoms with Crippen LogP contribution in [-0.2, 0) is 6.61 Å². The van der Waals surface area contributed by atoms with Crippen molar-refractivity contribution >= 4 is 0 Å². The lowest BCUT2D eigenvalue weighted by molar-refractivity contribution is 0.217. The molecule has 0 amide bonds. The Morgan fingerprint density at radius 3 is 2.70 bits per heavy atom. The summed E-state index contributed by atoms with van der Waals surface area (Å²) >= 11 is 0. The van der Waals surface area contributed by atoms with E-state index in [0.717, 1.165) is 38.2 Å². The van der Waals surface area contributed by atoms with Crippen molar-refractivity contribution < 1.29 is 9.13 Å². The minimum atomic E-state index is -0.430. The fraction of sp³-hybridized carbons (Fsp3) is 0.409. The van der Waals surface area contributed by atoms with E-state index in [-0.39, 0.29) is 6.61 Å². The van der Waals surface area contributed by atoms with Gasteiger partial charge in [-0.15, -0.1) is 0 Å². The van der Waals surface area contributed by atoms with Gasteiger partial charge in [0.15, 0.2) is 0 Å². The van der Waals surface area contributed by atoms with Crippen LogP contribution in [0, 0.1) is 23.1 Å². The van der Waals surface area contributed by atoms with Gasteiger partial charge in [-0.2, -0.15) is 5.26 Å². The molecule has 0 aliphatic carbocycles. The summed E-state index contributed by atoms with van der Waals surface area (Å²) < 4.78 is 19.7. The predicted molar refractivity (Wildman–Crippen MR) is 103 cm³/mol. The minimum Gasteiger partial charge on any atom is -0.473 e. The maximum Gasteiger partial charge on any atom is 0.213 e. The number of nitriles is 1. The fourth-order valence-corrected chi connectivity index (χ4v) is 3.46. The first kappa shape index (κ1) is 19.3. The first-order valence-electron chi connectivity index (χ1n) is 9.35. The third-order valence-electron chi connectivity index (χ3n) is 4.85. The van der Waals surface area contributed by atoms with Gasteiger partial charge < -0.3 is 9.64 Å². The van der Waals surface area contributed by atoms with Crippen LogP contribution in [-0.4, -0.2) is 29.5 Å². The Labute approximate surface area is 160 Å². The highest BCUT2D eigenvalue weighted by molar-refractivity contribution is 5.32. The molecular formula is C22H25FN3O. The highest BCUT2D eigenvalue weighted by Crippen LogP contribution is 2.28. The number of hydrogen-bond acceptors (Lipinski definition) is 4. The SMILES string of the molecule is C[C](C)CN1CCC(c2cccc(OCc3ccc(C#N)cc3F)n2)CC1. The van der Waals surface area contributed by atoms with Gasteiger partial charge in [-0.1, -0.05) is 26.0 Å². The topological polar surface area (TPSA) is 49.1 Å². The van der Waals surface area contributed by atoms with Gasteiger partial charge in [0.25, 0.3) is 0 Å². The molecule has 1 fully saturated rings. The molecule has 2 heterocycles. The van der Waals surface area contributed by atoms with Gasteiger partial charge in [0.2, 0.25) is 5.88 Å². The Balaban J connectivity index is 1.59. The van der Waals surface area contributed by atoms with Crippen molar-refractivity contribution in [3.63, 3.8) is 0 Å². The average Bonchev–Trinajstić information content (AvgIpc) is 2.67. The van der Waals surface area contributed by atoms with Crippen LogP contribution in [0.15, 0.2) is 36.4 Å². The third-order valence-corrected chi connectivity index (χ3v) is 4.85. The second-order valence-electron chi connectivity index (χ2n) is 7.36. The molecule has 0 spiro atoms. The van der Waals surface area contributed by atoms with E-state index in [4.69, 9.17) is 10.00 Å². The smallest absolute Gasteiger partial charge is 0.213 e. The molecule has 27 heavy (non-hydrogen) atoms. The van der Waals surface area contributed by atoms with Crippen LogP contribution >= 0.6 is 0 Å². The summed E-state index contributed by atoms with van der Waals surface area (Å²) in [5.41, 5.74) is 1.77. The largest absolute Gasteiger partial charge is 0.473 e. The number of benzene rings is 1. The van der Waals surface area contributed by atoms with Gasteiger partial charge in [0.1, 0.15) is 12.4 Å². The van der Waals surface area contributed by atoms with Crippen molar-refractivity contribution in [2.24, 2.45) is 0 Å². The lowest BCUT2D eigenvalue weighted by Gasteiger charge is -2.32. The van der Waals surface area contributed by atoms with Crippen molar-refractivity contribution in [3.8, 4) is 11.9 Å². The Morgan fingerprint density at radius 1 is 1.26 bits per heavy atom. The zero-order chi connectivity index (χ0) is 19.2. The van der Waals surface area contributed by atoms with E-state index in [2.05, 4.69) is 23.7 Å². The van der Waals surface area contributed by atoms with Crippen LogP contribution in [0.25, 0.3) is 0 Å². The van der Waals surface area contributed by atoms with Crippen LogP contribution < -0.4 is 4.74 Å². The molecule has 0 bridgehead atoms. The number of likely N-dealkylation sites (tertiary alicyclic amines) is 1. The van der Waals surface area contributed by atoms with Gasteiger partial charge in [-0.05, 0) is 50.0 Å². The number of aromatic nitrogens is 1. The first-order chi connectivity index (χ1) is 13.0. The molecule has 141 valence electrons. The van der Waals surface area contributed by atoms with Gasteiger partial charge in [-0.25, -0.2) is 9.37 Å². The minimum absolute atomic E-state index is 0.0953. The van der Waals surface area contributed by atoms with E-state index in [9.17, 15) is 4.39 Å². The molecule has 5 heteroatoms. The molecule has 1 aliphatic rings. The van der Waals surface area contributed by atoms with Crippen molar-refractivity contribution in [2.45, 2.75) is 39.2 Å². The number of rotatable bonds is 6. The predicted octanol–water partition coefficient (Wildman–Crippen LogP) is 4.47. The van der Waals surface area contributed by atoms with Crippen molar-refractivity contribution in [1.82, 2.24) is 9.88 Å². The van der Waals surface area contributed by atoms with Gasteiger partial charge in [0.05, 0.1) is 11.6 Å². The molecule has 1 radical (unpaired) electrons. The Bertz CT molecular complexity index is 807. The third kappa shape index (κ3) is 5.27. The number of ether oxygens (including phenoxy) is 1. The summed E-state index contributed by atoms with van der Waals surface area (Å²) in [6.07, 6.45) is 2.18. The Kier molecular flexibility index (Phi) is 6.41. The first-order valence-corrected chi connectivity index (χ1v) is 9.35. The number of nitrogens with zero attached hydrogens (tertiary/aromatic N) is 3. The molecule has 1 aliphatic heterocycles. The molecule has 1 aromatic carbocycles. The summed E-state index contributed by atoms with van der Waals surface area (Å²) in [6.45, 7) is 7.67. The van der Waals surface area contributed by atoms with Gasteiger partial charge in [0, 0.05) is 29.8 Å². The molecule has 3 rings (SSSR count). The van der Waals surface area contributed by atoms with Crippen molar-refractivity contribution in [1.29, 1.82) is 5.26 Å². The lowest BCUT2D eigenvalue weighted by Crippen LogP contribution is -2.35. The molecule has 0 atom stereocenters. The lowest BCUT2D eigenvalue weighted by atomic mass is 9.92. The average molecular weight is 366 g/mol. The van der Waals surface area contributed by atoms with E-state index >= 15 is 0 Å². The van der Waals surface area contributed by atoms with E-state index in [1.807, 2.05) is 18.2 Å². The molecule has 0 N–H and O–H groups in total. The monoisotopic (exact) mass is 366 g/mol. The van der Waals surface area contributed by atoms with E-state index in [0.29, 0.717) is 22.9 Å². The molecular weight excluding hydrogens is 341 g/mol. The maximum atomic E-state index is 14.0. The van der Waals surface area contributed by atoms with Crippen molar-refractivity contribution in [2.75, 3.05) is 19.6 Å². The quantitative estimate of drug-likeness (QED) is 0.757. The van der Waals surface area contributed by atoms with Crippen LogP contribution in [0.1, 0.15) is 49.4 Å². The van der Waals surface area contributed by atoms with Gasteiger partial charge >= 0.3 is 0 Å². The zero-order valence-corrected chi connectivity index (χ0v) is 15.9. The zero-order valence-electron chi connectivity index (χ0n) is 15.9. The standard InChI is InChI=1S/C22H25FN3O/c1-16(2)14-26-10-8-18(9-11-26)21-4-3-5-22(25-21)27-15-19-7-6-17(13-24)12-20(19)23/h3-7,12,18H,8-11,14-15H2,1-2H3. The van der Waals surface area contributed by atoms with Crippen molar-refractivity contribution in [3.05, 3.63) is 65.0 Å². The maximum absolute atomic E-state index is 14.0. The molecule has 2 aromatic rings. The molecule has 0 unspecified atom stereocenters. The van der Waals surface area contributed by atoms with Gasteiger partial charge in [-0.3, -0.25) is 0 Å². The highest BCUT2D eigenvalue weighted by atomic mass is 19.1. The fourth-order valence-electron chi connectivity index (χ4n) is 3.46. The number of halogens is 1. The van der Waals surface area contributed by atoms with E-state index in [1.54, 1.807) is 18.2 Å². The Hall–Kier alpha value is -2.45. The summed E-state index contributed by atoms with van der Waals surface area (Å²) in [7, 11) is 0. The number of piperidine rings is 1. The van der Waals surface area contributed by atoms with E-state index in [1.165, 1.54) is 12.0 Å². The highest BCUT2D eigenvalue weighted by Gasteiger charge is 2.22. The second-order valence-corrected chi connectivity index (χ2v) is 7.36. The number of hydrogen-bond donors (Lipinski definition) is 0. The molecule has 0 saturated carbocycles. The summed E-state index contributed by atoms with van der Waals surface area (Å²) in [6, 6.07) is 12.1. The molecule has 1 saturated heterocycles. The van der Waals surface area contributed by atoms with Crippen LogP contribution in [0.5, 0.6) is 5.88 Å². The normalized spacial score (nSPS) is 15.7. The summed E-state index contributed by atoms with van der Waals surface area (Å²) in [5, 5.41) is 8.81.